The van der Waals surface area contributed by atoms with Gasteiger partial charge in [-0.25, -0.2) is 4.98 Å². The van der Waals surface area contributed by atoms with Gasteiger partial charge in [-0.2, -0.15) is 0 Å². The van der Waals surface area contributed by atoms with Gasteiger partial charge in [0.25, 0.3) is 0 Å². The largest absolute Gasteiger partial charge is 0.349 e. The molecule has 1 aromatic heterocycles. The SMILES string of the molecule is Cc1nc(CNC(=O)[C@H](N)Cc2ccccc2)cs1. The average molecular weight is 275 g/mol. The molecule has 1 atom stereocenters. The fourth-order valence-electron chi connectivity index (χ4n) is 1.76. The van der Waals surface area contributed by atoms with E-state index in [0.29, 0.717) is 13.0 Å². The molecule has 0 fully saturated rings. The van der Waals surface area contributed by atoms with E-state index in [9.17, 15) is 4.79 Å². The van der Waals surface area contributed by atoms with E-state index in [-0.39, 0.29) is 5.91 Å². The second-order valence-electron chi connectivity index (χ2n) is 4.37. The molecule has 0 unspecified atom stereocenters. The van der Waals surface area contributed by atoms with Crippen LogP contribution in [0.2, 0.25) is 0 Å². The highest BCUT2D eigenvalue weighted by Crippen LogP contribution is 2.07. The van der Waals surface area contributed by atoms with Gasteiger partial charge in [0.15, 0.2) is 0 Å². The second-order valence-corrected chi connectivity index (χ2v) is 5.43. The molecule has 5 heteroatoms. The number of hydrogen-bond acceptors (Lipinski definition) is 4. The predicted octanol–water partition coefficient (Wildman–Crippen LogP) is 1.64. The first-order valence-electron chi connectivity index (χ1n) is 6.13. The van der Waals surface area contributed by atoms with E-state index < -0.39 is 6.04 Å². The Bertz CT molecular complexity index is 539. The van der Waals surface area contributed by atoms with Gasteiger partial charge in [-0.15, -0.1) is 11.3 Å². The molecule has 0 bridgehead atoms. The van der Waals surface area contributed by atoms with Crippen molar-refractivity contribution in [1.29, 1.82) is 0 Å². The third-order valence-electron chi connectivity index (χ3n) is 2.75. The Labute approximate surface area is 116 Å². The number of aromatic nitrogens is 1. The Morgan fingerprint density at radius 1 is 1.42 bits per heavy atom. The van der Waals surface area contributed by atoms with Gasteiger partial charge in [-0.3, -0.25) is 4.79 Å². The minimum atomic E-state index is -0.526. The van der Waals surface area contributed by atoms with Crippen molar-refractivity contribution in [3.05, 3.63) is 52.0 Å². The van der Waals surface area contributed by atoms with Crippen molar-refractivity contribution in [1.82, 2.24) is 10.3 Å². The van der Waals surface area contributed by atoms with Crippen LogP contribution >= 0.6 is 11.3 Å². The van der Waals surface area contributed by atoms with Gasteiger partial charge in [0, 0.05) is 5.38 Å². The summed E-state index contributed by atoms with van der Waals surface area (Å²) < 4.78 is 0. The minimum absolute atomic E-state index is 0.144. The zero-order chi connectivity index (χ0) is 13.7. The molecule has 0 saturated heterocycles. The second kappa shape index (κ2) is 6.45. The summed E-state index contributed by atoms with van der Waals surface area (Å²) in [5, 5.41) is 5.75. The zero-order valence-corrected chi connectivity index (χ0v) is 11.6. The van der Waals surface area contributed by atoms with E-state index in [1.165, 1.54) is 0 Å². The number of nitrogens with two attached hydrogens (primary N) is 1. The van der Waals surface area contributed by atoms with Crippen LogP contribution in [0.15, 0.2) is 35.7 Å². The van der Waals surface area contributed by atoms with E-state index >= 15 is 0 Å². The number of rotatable bonds is 5. The van der Waals surface area contributed by atoms with Crippen LogP contribution in [-0.2, 0) is 17.8 Å². The van der Waals surface area contributed by atoms with Crippen molar-refractivity contribution < 1.29 is 4.79 Å². The predicted molar refractivity (Wildman–Crippen MR) is 76.8 cm³/mol. The summed E-state index contributed by atoms with van der Waals surface area (Å²) in [5.74, 6) is -0.144. The fraction of sp³-hybridized carbons (Fsp3) is 0.286. The van der Waals surface area contributed by atoms with E-state index in [4.69, 9.17) is 5.73 Å². The summed E-state index contributed by atoms with van der Waals surface area (Å²) >= 11 is 1.57. The molecule has 19 heavy (non-hydrogen) atoms. The molecule has 0 saturated carbocycles. The number of nitrogens with zero attached hydrogens (tertiary/aromatic N) is 1. The van der Waals surface area contributed by atoms with Gasteiger partial charge in [0.1, 0.15) is 0 Å². The van der Waals surface area contributed by atoms with Crippen LogP contribution < -0.4 is 11.1 Å². The van der Waals surface area contributed by atoms with Crippen LogP contribution in [-0.4, -0.2) is 16.9 Å². The van der Waals surface area contributed by atoms with Crippen molar-refractivity contribution in [3.63, 3.8) is 0 Å². The summed E-state index contributed by atoms with van der Waals surface area (Å²) in [6.07, 6.45) is 0.544. The van der Waals surface area contributed by atoms with Crippen molar-refractivity contribution in [2.24, 2.45) is 5.73 Å². The summed E-state index contributed by atoms with van der Waals surface area (Å²) in [5.41, 5.74) is 7.83. The topological polar surface area (TPSA) is 68.0 Å². The number of aryl methyl sites for hydroxylation is 1. The maximum Gasteiger partial charge on any atom is 0.237 e. The highest BCUT2D eigenvalue weighted by Gasteiger charge is 2.13. The molecular weight excluding hydrogens is 258 g/mol. The first-order valence-corrected chi connectivity index (χ1v) is 7.01. The molecule has 1 heterocycles. The first-order chi connectivity index (χ1) is 9.15. The van der Waals surface area contributed by atoms with Crippen LogP contribution in [0.5, 0.6) is 0 Å². The van der Waals surface area contributed by atoms with Gasteiger partial charge < -0.3 is 11.1 Å². The van der Waals surface area contributed by atoms with Crippen molar-refractivity contribution in [2.75, 3.05) is 0 Å². The first kappa shape index (κ1) is 13.7. The Hall–Kier alpha value is -1.72. The molecule has 0 aliphatic heterocycles. The number of amides is 1. The molecule has 0 aliphatic rings. The Morgan fingerprint density at radius 3 is 2.79 bits per heavy atom. The summed E-state index contributed by atoms with van der Waals surface area (Å²) in [6, 6.07) is 9.24. The third-order valence-corrected chi connectivity index (χ3v) is 3.57. The smallest absolute Gasteiger partial charge is 0.237 e. The van der Waals surface area contributed by atoms with Gasteiger partial charge in [0.05, 0.1) is 23.3 Å². The standard InChI is InChI=1S/C14H17N3OS/c1-10-17-12(9-19-10)8-16-14(18)13(15)7-11-5-3-2-4-6-11/h2-6,9,13H,7-8,15H2,1H3,(H,16,18)/t13-/m1/s1. The van der Waals surface area contributed by atoms with Gasteiger partial charge in [-0.05, 0) is 18.9 Å². The summed E-state index contributed by atoms with van der Waals surface area (Å²) in [7, 11) is 0. The summed E-state index contributed by atoms with van der Waals surface area (Å²) in [4.78, 5) is 16.2. The van der Waals surface area contributed by atoms with Crippen LogP contribution in [0.3, 0.4) is 0 Å². The number of thiazole rings is 1. The quantitative estimate of drug-likeness (QED) is 0.871. The van der Waals surface area contributed by atoms with E-state index in [2.05, 4.69) is 10.3 Å². The molecule has 2 rings (SSSR count). The summed E-state index contributed by atoms with van der Waals surface area (Å²) in [6.45, 7) is 2.38. The number of carbonyl (C=O) groups is 1. The van der Waals surface area contributed by atoms with Crippen molar-refractivity contribution in [3.8, 4) is 0 Å². The van der Waals surface area contributed by atoms with Crippen LogP contribution in [0.4, 0.5) is 0 Å². The molecule has 1 aromatic carbocycles. The molecule has 100 valence electrons. The van der Waals surface area contributed by atoms with Crippen molar-refractivity contribution in [2.45, 2.75) is 25.9 Å². The van der Waals surface area contributed by atoms with Gasteiger partial charge in [-0.1, -0.05) is 30.3 Å². The molecule has 3 N–H and O–H groups in total. The third kappa shape index (κ3) is 4.15. The van der Waals surface area contributed by atoms with Gasteiger partial charge >= 0.3 is 0 Å². The number of benzene rings is 1. The monoisotopic (exact) mass is 275 g/mol. The molecule has 4 nitrogen and oxygen atoms in total. The Balaban J connectivity index is 1.82. The zero-order valence-electron chi connectivity index (χ0n) is 10.8. The lowest BCUT2D eigenvalue weighted by Crippen LogP contribution is -2.41. The molecule has 0 aliphatic carbocycles. The lowest BCUT2D eigenvalue weighted by molar-refractivity contribution is -0.122. The molecule has 1 amide bonds. The number of hydrogen-bond donors (Lipinski definition) is 2. The fourth-order valence-corrected chi connectivity index (χ4v) is 2.37. The Kier molecular flexibility index (Phi) is 4.65. The number of nitrogens with one attached hydrogen (secondary N) is 1. The lowest BCUT2D eigenvalue weighted by atomic mass is 10.1. The maximum absolute atomic E-state index is 11.9. The van der Waals surface area contributed by atoms with E-state index in [1.807, 2.05) is 42.6 Å². The van der Waals surface area contributed by atoms with Crippen LogP contribution in [0, 0.1) is 6.92 Å². The van der Waals surface area contributed by atoms with Gasteiger partial charge in [0.2, 0.25) is 5.91 Å². The molecular formula is C14H17N3OS. The molecule has 0 spiro atoms. The maximum atomic E-state index is 11.9. The highest BCUT2D eigenvalue weighted by atomic mass is 32.1. The highest BCUT2D eigenvalue weighted by molar-refractivity contribution is 7.09. The minimum Gasteiger partial charge on any atom is -0.349 e. The van der Waals surface area contributed by atoms with Crippen molar-refractivity contribution >= 4 is 17.2 Å². The van der Waals surface area contributed by atoms with E-state index in [0.717, 1.165) is 16.3 Å². The normalized spacial score (nSPS) is 12.1. The van der Waals surface area contributed by atoms with E-state index in [1.54, 1.807) is 11.3 Å². The average Bonchev–Trinajstić information content (AvgIpc) is 2.83. The van der Waals surface area contributed by atoms with Crippen LogP contribution in [0.1, 0.15) is 16.3 Å². The number of carbonyl (C=O) groups excluding carboxylic acids is 1. The molecule has 0 radical (unpaired) electrons. The lowest BCUT2D eigenvalue weighted by Gasteiger charge is -2.11. The Morgan fingerprint density at radius 2 is 2.16 bits per heavy atom. The molecule has 2 aromatic rings. The van der Waals surface area contributed by atoms with Crippen LogP contribution in [0.25, 0.3) is 0 Å².